The van der Waals surface area contributed by atoms with Crippen molar-refractivity contribution in [1.29, 1.82) is 0 Å². The number of hydrogen-bond acceptors (Lipinski definition) is 6. The number of aromatic nitrogens is 4. The molecule has 3 rings (SSSR count). The summed E-state index contributed by atoms with van der Waals surface area (Å²) in [6.07, 6.45) is 3.45. The third-order valence-corrected chi connectivity index (χ3v) is 5.06. The van der Waals surface area contributed by atoms with Gasteiger partial charge >= 0.3 is 0 Å². The summed E-state index contributed by atoms with van der Waals surface area (Å²) >= 11 is 1.38. The van der Waals surface area contributed by atoms with Crippen LogP contribution >= 0.6 is 11.8 Å². The average molecular weight is 383 g/mol. The number of hydrogen-bond donors (Lipinski definition) is 1. The van der Waals surface area contributed by atoms with Crippen LogP contribution in [0.3, 0.4) is 0 Å². The van der Waals surface area contributed by atoms with Crippen LogP contribution in [0, 0.1) is 0 Å². The van der Waals surface area contributed by atoms with Gasteiger partial charge in [-0.3, -0.25) is 9.78 Å². The lowest BCUT2D eigenvalue weighted by molar-refractivity contribution is -0.115. The maximum Gasteiger partial charge on any atom is 0.237 e. The minimum absolute atomic E-state index is 0.0960. The highest BCUT2D eigenvalue weighted by molar-refractivity contribution is 8.00. The largest absolute Gasteiger partial charge is 0.497 e. The molecule has 0 aliphatic heterocycles. The molecule has 1 aromatic carbocycles. The quantitative estimate of drug-likeness (QED) is 0.629. The van der Waals surface area contributed by atoms with E-state index in [1.165, 1.54) is 11.8 Å². The first-order valence-corrected chi connectivity index (χ1v) is 9.45. The van der Waals surface area contributed by atoms with Crippen LogP contribution in [0.5, 0.6) is 5.75 Å². The fourth-order valence-corrected chi connectivity index (χ4v) is 3.42. The molecule has 1 amide bonds. The van der Waals surface area contributed by atoms with Crippen LogP contribution in [-0.2, 0) is 11.3 Å². The lowest BCUT2D eigenvalue weighted by Crippen LogP contribution is -2.22. The van der Waals surface area contributed by atoms with Gasteiger partial charge in [0.2, 0.25) is 5.91 Å². The summed E-state index contributed by atoms with van der Waals surface area (Å²) in [5, 5.41) is 11.9. The van der Waals surface area contributed by atoms with E-state index in [-0.39, 0.29) is 11.2 Å². The van der Waals surface area contributed by atoms with Gasteiger partial charge < -0.3 is 14.6 Å². The fraction of sp³-hybridized carbons (Fsp3) is 0.263. The third kappa shape index (κ3) is 4.46. The van der Waals surface area contributed by atoms with Crippen molar-refractivity contribution in [3.63, 3.8) is 0 Å². The fourth-order valence-electron chi connectivity index (χ4n) is 2.51. The van der Waals surface area contributed by atoms with E-state index < -0.39 is 0 Å². The first-order valence-electron chi connectivity index (χ1n) is 8.57. The number of carbonyl (C=O) groups is 1. The third-order valence-electron chi connectivity index (χ3n) is 3.98. The van der Waals surface area contributed by atoms with Crippen molar-refractivity contribution >= 4 is 23.4 Å². The van der Waals surface area contributed by atoms with Gasteiger partial charge in [-0.15, -0.1) is 10.2 Å². The van der Waals surface area contributed by atoms with Crippen molar-refractivity contribution in [3.05, 3.63) is 48.8 Å². The highest BCUT2D eigenvalue weighted by atomic mass is 32.2. The minimum atomic E-state index is -0.327. The van der Waals surface area contributed by atoms with E-state index in [1.54, 1.807) is 19.5 Å². The number of ether oxygens (including phenoxy) is 1. The van der Waals surface area contributed by atoms with Crippen molar-refractivity contribution in [2.75, 3.05) is 12.4 Å². The maximum absolute atomic E-state index is 12.5. The Balaban J connectivity index is 1.70. The molecule has 27 heavy (non-hydrogen) atoms. The Morgan fingerprint density at radius 2 is 1.89 bits per heavy atom. The molecule has 0 bridgehead atoms. The molecular formula is C19H21N5O2S. The number of thioether (sulfide) groups is 1. The molecule has 0 aliphatic rings. The number of amides is 1. The number of rotatable bonds is 7. The molecule has 0 fully saturated rings. The normalized spacial score (nSPS) is 11.8. The number of nitrogens with one attached hydrogen (secondary N) is 1. The summed E-state index contributed by atoms with van der Waals surface area (Å²) in [7, 11) is 1.61. The molecule has 140 valence electrons. The van der Waals surface area contributed by atoms with E-state index in [2.05, 4.69) is 20.5 Å². The van der Waals surface area contributed by atoms with Gasteiger partial charge in [-0.2, -0.15) is 0 Å². The van der Waals surface area contributed by atoms with Gasteiger partial charge in [0.25, 0.3) is 0 Å². The Kier molecular flexibility index (Phi) is 6.08. The van der Waals surface area contributed by atoms with Gasteiger partial charge in [0.1, 0.15) is 5.75 Å². The number of methoxy groups -OCH3 is 1. The predicted octanol–water partition coefficient (Wildman–Crippen LogP) is 3.49. The van der Waals surface area contributed by atoms with E-state index in [1.807, 2.05) is 54.8 Å². The molecule has 1 unspecified atom stereocenters. The SMILES string of the molecule is CCn1c(SC(C)C(=O)Nc2ccc(OC)cc2)nnc1-c1ccncc1. The average Bonchev–Trinajstić information content (AvgIpc) is 3.11. The van der Waals surface area contributed by atoms with E-state index in [4.69, 9.17) is 4.74 Å². The van der Waals surface area contributed by atoms with E-state index in [0.717, 1.165) is 22.8 Å². The number of carbonyl (C=O) groups excluding carboxylic acids is 1. The van der Waals surface area contributed by atoms with Crippen LogP contribution in [0.15, 0.2) is 53.9 Å². The summed E-state index contributed by atoms with van der Waals surface area (Å²) in [5.41, 5.74) is 1.67. The lowest BCUT2D eigenvalue weighted by Gasteiger charge is -2.13. The molecule has 1 N–H and O–H groups in total. The second kappa shape index (κ2) is 8.68. The smallest absolute Gasteiger partial charge is 0.237 e. The van der Waals surface area contributed by atoms with Gasteiger partial charge in [0, 0.05) is 30.2 Å². The lowest BCUT2D eigenvalue weighted by atomic mass is 10.2. The van der Waals surface area contributed by atoms with Gasteiger partial charge in [0.15, 0.2) is 11.0 Å². The van der Waals surface area contributed by atoms with E-state index in [0.29, 0.717) is 11.7 Å². The Morgan fingerprint density at radius 3 is 2.52 bits per heavy atom. The Labute approximate surface area is 162 Å². The van der Waals surface area contributed by atoms with Crippen LogP contribution in [0.1, 0.15) is 13.8 Å². The molecule has 3 aromatic rings. The molecule has 0 saturated heterocycles. The molecule has 8 heteroatoms. The topological polar surface area (TPSA) is 81.9 Å². The van der Waals surface area contributed by atoms with Crippen molar-refractivity contribution in [1.82, 2.24) is 19.7 Å². The van der Waals surface area contributed by atoms with Crippen molar-refractivity contribution in [3.8, 4) is 17.1 Å². The van der Waals surface area contributed by atoms with Gasteiger partial charge in [0.05, 0.1) is 12.4 Å². The Bertz CT molecular complexity index is 896. The van der Waals surface area contributed by atoms with Crippen LogP contribution in [0.2, 0.25) is 0 Å². The second-order valence-corrected chi connectivity index (χ2v) is 7.07. The predicted molar refractivity (Wildman–Crippen MR) is 106 cm³/mol. The van der Waals surface area contributed by atoms with Crippen LogP contribution in [0.25, 0.3) is 11.4 Å². The number of nitrogens with zero attached hydrogens (tertiary/aromatic N) is 4. The first-order chi connectivity index (χ1) is 13.1. The summed E-state index contributed by atoms with van der Waals surface area (Å²) in [4.78, 5) is 16.6. The molecule has 7 nitrogen and oxygen atoms in total. The Morgan fingerprint density at radius 1 is 1.19 bits per heavy atom. The van der Waals surface area contributed by atoms with Crippen LogP contribution in [-0.4, -0.2) is 38.0 Å². The number of pyridine rings is 1. The summed E-state index contributed by atoms with van der Waals surface area (Å²) < 4.78 is 7.12. The summed E-state index contributed by atoms with van der Waals surface area (Å²) in [6, 6.07) is 11.0. The molecule has 0 aliphatic carbocycles. The zero-order valence-electron chi connectivity index (χ0n) is 15.4. The molecule has 2 heterocycles. The summed E-state index contributed by atoms with van der Waals surface area (Å²) in [5.74, 6) is 1.42. The standard InChI is InChI=1S/C19H21N5O2S/c1-4-24-17(14-9-11-20-12-10-14)22-23-19(24)27-13(2)18(25)21-15-5-7-16(26-3)8-6-15/h5-13H,4H2,1-3H3,(H,21,25). The maximum atomic E-state index is 12.5. The molecule has 0 radical (unpaired) electrons. The van der Waals surface area contributed by atoms with E-state index >= 15 is 0 Å². The zero-order chi connectivity index (χ0) is 19.2. The number of anilines is 1. The highest BCUT2D eigenvalue weighted by Gasteiger charge is 2.20. The molecule has 0 saturated carbocycles. The van der Waals surface area contributed by atoms with Crippen molar-refractivity contribution in [2.45, 2.75) is 30.8 Å². The second-order valence-electron chi connectivity index (χ2n) is 5.76. The minimum Gasteiger partial charge on any atom is -0.497 e. The molecular weight excluding hydrogens is 362 g/mol. The Hall–Kier alpha value is -2.87. The molecule has 2 aromatic heterocycles. The first kappa shape index (κ1) is 18.9. The zero-order valence-corrected chi connectivity index (χ0v) is 16.2. The van der Waals surface area contributed by atoms with Crippen LogP contribution < -0.4 is 10.1 Å². The molecule has 1 atom stereocenters. The molecule has 0 spiro atoms. The summed E-state index contributed by atoms with van der Waals surface area (Å²) in [6.45, 7) is 4.59. The van der Waals surface area contributed by atoms with Crippen molar-refractivity contribution in [2.24, 2.45) is 0 Å². The van der Waals surface area contributed by atoms with Gasteiger partial charge in [-0.05, 0) is 50.2 Å². The van der Waals surface area contributed by atoms with E-state index in [9.17, 15) is 4.79 Å². The van der Waals surface area contributed by atoms with Crippen LogP contribution in [0.4, 0.5) is 5.69 Å². The monoisotopic (exact) mass is 383 g/mol. The van der Waals surface area contributed by atoms with Gasteiger partial charge in [-0.1, -0.05) is 11.8 Å². The highest BCUT2D eigenvalue weighted by Crippen LogP contribution is 2.27. The number of benzene rings is 1. The van der Waals surface area contributed by atoms with Gasteiger partial charge in [-0.25, -0.2) is 0 Å². The van der Waals surface area contributed by atoms with Crippen molar-refractivity contribution < 1.29 is 9.53 Å².